The summed E-state index contributed by atoms with van der Waals surface area (Å²) in [6, 6.07) is 20.3. The number of hydrogen-bond acceptors (Lipinski definition) is 3. The highest BCUT2D eigenvalue weighted by atomic mass is 19.1. The molecule has 0 aliphatic carbocycles. The van der Waals surface area contributed by atoms with Crippen LogP contribution in [-0.2, 0) is 13.1 Å². The van der Waals surface area contributed by atoms with E-state index < -0.39 is 0 Å². The molecular formula is C26H22FN3O2. The highest BCUT2D eigenvalue weighted by Crippen LogP contribution is 2.27. The minimum atomic E-state index is -0.355. The molecule has 0 bridgehead atoms. The molecule has 0 spiro atoms. The van der Waals surface area contributed by atoms with Gasteiger partial charge in [-0.2, -0.15) is 0 Å². The number of aromatic nitrogens is 3. The minimum absolute atomic E-state index is 0.176. The maximum absolute atomic E-state index is 14.1. The van der Waals surface area contributed by atoms with E-state index in [0.717, 1.165) is 16.6 Å². The van der Waals surface area contributed by atoms with Crippen LogP contribution in [0.2, 0.25) is 0 Å². The zero-order valence-corrected chi connectivity index (χ0v) is 17.9. The van der Waals surface area contributed by atoms with Gasteiger partial charge in [0.15, 0.2) is 0 Å². The smallest absolute Gasteiger partial charge is 0.278 e. The molecule has 5 aromatic rings. The van der Waals surface area contributed by atoms with Crippen molar-refractivity contribution < 1.29 is 9.13 Å². The number of benzene rings is 3. The summed E-state index contributed by atoms with van der Waals surface area (Å²) < 4.78 is 23.0. The van der Waals surface area contributed by atoms with Gasteiger partial charge >= 0.3 is 0 Å². The van der Waals surface area contributed by atoms with Gasteiger partial charge in [-0.05, 0) is 36.8 Å². The van der Waals surface area contributed by atoms with Gasteiger partial charge < -0.3 is 9.30 Å². The number of ether oxygens (including phenoxy) is 1. The Bertz CT molecular complexity index is 1500. The molecule has 0 saturated carbocycles. The van der Waals surface area contributed by atoms with Crippen LogP contribution in [0.15, 0.2) is 77.9 Å². The fourth-order valence-corrected chi connectivity index (χ4v) is 4.14. The second-order valence-corrected chi connectivity index (χ2v) is 7.92. The van der Waals surface area contributed by atoms with Gasteiger partial charge in [0.05, 0.1) is 25.5 Å². The quantitative estimate of drug-likeness (QED) is 0.401. The van der Waals surface area contributed by atoms with Crippen molar-refractivity contribution >= 4 is 21.9 Å². The third kappa shape index (κ3) is 3.43. The number of halogens is 1. The van der Waals surface area contributed by atoms with Crippen LogP contribution in [0.4, 0.5) is 4.39 Å². The topological polar surface area (TPSA) is 49.0 Å². The number of fused-ring (bicyclic) bond motifs is 3. The lowest BCUT2D eigenvalue weighted by Crippen LogP contribution is -2.23. The summed E-state index contributed by atoms with van der Waals surface area (Å²) in [6.07, 6.45) is 1.53. The predicted molar refractivity (Wildman–Crippen MR) is 124 cm³/mol. The standard InChI is InChI=1S/C26H22FN3O2/c1-17-7-9-18(10-8-17)14-30-22-12-11-20(27)13-21(22)24-25(30)26(31)29(16-28-24)15-19-5-3-4-6-23(19)32-2/h3-13,16H,14-15H2,1-2H3. The predicted octanol–water partition coefficient (Wildman–Crippen LogP) is 4.90. The molecule has 0 aliphatic rings. The SMILES string of the molecule is COc1ccccc1Cn1cnc2c3cc(F)ccc3n(Cc3ccc(C)cc3)c2c1=O. The number of rotatable bonds is 5. The summed E-state index contributed by atoms with van der Waals surface area (Å²) in [5.41, 5.74) is 4.67. The Morgan fingerprint density at radius 3 is 2.56 bits per heavy atom. The first-order chi connectivity index (χ1) is 15.5. The Balaban J connectivity index is 1.71. The van der Waals surface area contributed by atoms with E-state index in [4.69, 9.17) is 4.74 Å². The van der Waals surface area contributed by atoms with E-state index in [1.54, 1.807) is 17.7 Å². The molecule has 32 heavy (non-hydrogen) atoms. The molecule has 0 unspecified atom stereocenters. The molecule has 3 aromatic carbocycles. The number of para-hydroxylation sites is 1. The van der Waals surface area contributed by atoms with E-state index >= 15 is 0 Å². The summed E-state index contributed by atoms with van der Waals surface area (Å²) in [4.78, 5) is 18.2. The number of aryl methyl sites for hydroxylation is 1. The Morgan fingerprint density at radius 2 is 1.78 bits per heavy atom. The monoisotopic (exact) mass is 427 g/mol. The van der Waals surface area contributed by atoms with Gasteiger partial charge in [0, 0.05) is 17.5 Å². The molecule has 0 saturated heterocycles. The van der Waals surface area contributed by atoms with E-state index in [0.29, 0.717) is 35.3 Å². The zero-order valence-electron chi connectivity index (χ0n) is 17.9. The van der Waals surface area contributed by atoms with Crippen molar-refractivity contribution in [3.05, 3.63) is 106 Å². The average molecular weight is 427 g/mol. The van der Waals surface area contributed by atoms with Crippen LogP contribution in [0.5, 0.6) is 5.75 Å². The van der Waals surface area contributed by atoms with Crippen LogP contribution in [0.1, 0.15) is 16.7 Å². The minimum Gasteiger partial charge on any atom is -0.496 e. The highest BCUT2D eigenvalue weighted by molar-refractivity contribution is 6.05. The van der Waals surface area contributed by atoms with Crippen molar-refractivity contribution in [1.29, 1.82) is 0 Å². The second-order valence-electron chi connectivity index (χ2n) is 7.92. The molecule has 5 nitrogen and oxygen atoms in total. The van der Waals surface area contributed by atoms with E-state index in [2.05, 4.69) is 4.98 Å². The first kappa shape index (κ1) is 20.0. The molecule has 6 heteroatoms. The molecule has 0 fully saturated rings. The Hall–Kier alpha value is -3.93. The lowest BCUT2D eigenvalue weighted by atomic mass is 10.1. The van der Waals surface area contributed by atoms with Gasteiger partial charge in [-0.15, -0.1) is 0 Å². The molecule has 0 atom stereocenters. The Kier molecular flexibility index (Phi) is 4.98. The molecule has 160 valence electrons. The van der Waals surface area contributed by atoms with E-state index in [9.17, 15) is 9.18 Å². The van der Waals surface area contributed by atoms with Crippen molar-refractivity contribution in [3.8, 4) is 5.75 Å². The first-order valence-electron chi connectivity index (χ1n) is 10.4. The fourth-order valence-electron chi connectivity index (χ4n) is 4.14. The Morgan fingerprint density at radius 1 is 1.00 bits per heavy atom. The third-order valence-corrected chi connectivity index (χ3v) is 5.78. The van der Waals surface area contributed by atoms with Crippen LogP contribution in [-0.4, -0.2) is 21.2 Å². The first-order valence-corrected chi connectivity index (χ1v) is 10.4. The van der Waals surface area contributed by atoms with Crippen LogP contribution in [0, 0.1) is 12.7 Å². The van der Waals surface area contributed by atoms with Crippen molar-refractivity contribution in [2.75, 3.05) is 7.11 Å². The zero-order chi connectivity index (χ0) is 22.2. The van der Waals surface area contributed by atoms with Crippen molar-refractivity contribution in [3.63, 3.8) is 0 Å². The second kappa shape index (κ2) is 7.96. The number of nitrogens with zero attached hydrogens (tertiary/aromatic N) is 3. The molecule has 0 N–H and O–H groups in total. The van der Waals surface area contributed by atoms with E-state index in [1.807, 2.05) is 60.0 Å². The van der Waals surface area contributed by atoms with E-state index in [1.165, 1.54) is 24.0 Å². The van der Waals surface area contributed by atoms with Crippen molar-refractivity contribution in [2.24, 2.45) is 0 Å². The largest absolute Gasteiger partial charge is 0.496 e. The number of methoxy groups -OCH3 is 1. The van der Waals surface area contributed by atoms with Gasteiger partial charge in [0.2, 0.25) is 0 Å². The normalized spacial score (nSPS) is 11.3. The van der Waals surface area contributed by atoms with Crippen LogP contribution in [0.3, 0.4) is 0 Å². The third-order valence-electron chi connectivity index (χ3n) is 5.78. The molecule has 5 rings (SSSR count). The maximum Gasteiger partial charge on any atom is 0.278 e. The molecule has 0 aliphatic heterocycles. The molecule has 0 amide bonds. The highest BCUT2D eigenvalue weighted by Gasteiger charge is 2.18. The molecule has 2 heterocycles. The van der Waals surface area contributed by atoms with Gasteiger partial charge in [0.25, 0.3) is 5.56 Å². The van der Waals surface area contributed by atoms with Crippen LogP contribution in [0.25, 0.3) is 21.9 Å². The van der Waals surface area contributed by atoms with Crippen LogP contribution >= 0.6 is 0 Å². The molecule has 0 radical (unpaired) electrons. The maximum atomic E-state index is 14.1. The average Bonchev–Trinajstić information content (AvgIpc) is 3.10. The van der Waals surface area contributed by atoms with Crippen molar-refractivity contribution in [1.82, 2.24) is 14.1 Å². The van der Waals surface area contributed by atoms with Crippen molar-refractivity contribution in [2.45, 2.75) is 20.0 Å². The summed E-state index contributed by atoms with van der Waals surface area (Å²) >= 11 is 0. The lowest BCUT2D eigenvalue weighted by molar-refractivity contribution is 0.408. The molecule has 2 aromatic heterocycles. The van der Waals surface area contributed by atoms with Crippen LogP contribution < -0.4 is 10.3 Å². The molecular weight excluding hydrogens is 405 g/mol. The van der Waals surface area contributed by atoms with Gasteiger partial charge in [-0.25, -0.2) is 9.37 Å². The van der Waals surface area contributed by atoms with Gasteiger partial charge in [-0.3, -0.25) is 9.36 Å². The fraction of sp³-hybridized carbons (Fsp3) is 0.154. The number of hydrogen-bond donors (Lipinski definition) is 0. The van der Waals surface area contributed by atoms with Gasteiger partial charge in [-0.1, -0.05) is 48.0 Å². The van der Waals surface area contributed by atoms with E-state index in [-0.39, 0.29) is 11.4 Å². The summed E-state index contributed by atoms with van der Waals surface area (Å²) in [7, 11) is 1.61. The lowest BCUT2D eigenvalue weighted by Gasteiger charge is -2.11. The summed E-state index contributed by atoms with van der Waals surface area (Å²) in [5.74, 6) is 0.355. The summed E-state index contributed by atoms with van der Waals surface area (Å²) in [5, 5.41) is 0.633. The van der Waals surface area contributed by atoms with Gasteiger partial charge in [0.1, 0.15) is 22.6 Å². The Labute approximate surface area is 184 Å². The summed E-state index contributed by atoms with van der Waals surface area (Å²) in [6.45, 7) is 2.85.